The summed E-state index contributed by atoms with van der Waals surface area (Å²) >= 11 is 6.27. The summed E-state index contributed by atoms with van der Waals surface area (Å²) in [6.45, 7) is 3.91. The largest absolute Gasteiger partial charge is 0.336 e. The number of aryl methyl sites for hydroxylation is 2. The van der Waals surface area contributed by atoms with Gasteiger partial charge in [0.15, 0.2) is 5.82 Å². The molecule has 0 bridgehead atoms. The molecule has 0 unspecified atom stereocenters. The van der Waals surface area contributed by atoms with Crippen LogP contribution < -0.4 is 10.6 Å². The summed E-state index contributed by atoms with van der Waals surface area (Å²) in [6, 6.07) is 10.2. The molecule has 24 heavy (non-hydrogen) atoms. The molecule has 0 spiro atoms. The van der Waals surface area contributed by atoms with Crippen molar-refractivity contribution in [2.75, 3.05) is 10.6 Å². The summed E-state index contributed by atoms with van der Waals surface area (Å²) in [4.78, 5) is 4.29. The lowest BCUT2D eigenvalue weighted by atomic mass is 10.1. The predicted molar refractivity (Wildman–Crippen MR) is 93.7 cm³/mol. The third-order valence-corrected chi connectivity index (χ3v) is 3.66. The van der Waals surface area contributed by atoms with Gasteiger partial charge in [-0.25, -0.2) is 4.39 Å². The van der Waals surface area contributed by atoms with Crippen LogP contribution in [0.25, 0.3) is 0 Å². The zero-order chi connectivity index (χ0) is 17.1. The van der Waals surface area contributed by atoms with E-state index in [-0.39, 0.29) is 11.8 Å². The van der Waals surface area contributed by atoms with Crippen LogP contribution in [0.3, 0.4) is 0 Å². The van der Waals surface area contributed by atoms with Crippen LogP contribution in [-0.2, 0) is 0 Å². The Labute approximate surface area is 143 Å². The van der Waals surface area contributed by atoms with E-state index < -0.39 is 0 Å². The minimum Gasteiger partial charge on any atom is -0.336 e. The third-order valence-electron chi connectivity index (χ3n) is 3.36. The van der Waals surface area contributed by atoms with E-state index in [0.29, 0.717) is 22.2 Å². The second-order valence-corrected chi connectivity index (χ2v) is 5.74. The minimum absolute atomic E-state index is 0.269. The van der Waals surface area contributed by atoms with Gasteiger partial charge >= 0.3 is 0 Å². The standard InChI is InChI=1S/C17H15ClFN5/c1-10-7-11(2)16(12(18)8-10)23-17-22-15(9-20-24-17)21-14-6-4-3-5-13(14)19/h3-9H,1-2H3,(H2,21,22,23,24). The van der Waals surface area contributed by atoms with E-state index in [9.17, 15) is 4.39 Å². The second kappa shape index (κ2) is 6.80. The molecule has 0 aliphatic rings. The van der Waals surface area contributed by atoms with Crippen molar-refractivity contribution >= 4 is 34.7 Å². The fourth-order valence-corrected chi connectivity index (χ4v) is 2.67. The fraction of sp³-hybridized carbons (Fsp3) is 0.118. The number of nitrogens with zero attached hydrogens (tertiary/aromatic N) is 3. The number of anilines is 4. The van der Waals surface area contributed by atoms with Crippen molar-refractivity contribution < 1.29 is 4.39 Å². The van der Waals surface area contributed by atoms with Crippen LogP contribution >= 0.6 is 11.6 Å². The molecule has 0 amide bonds. The summed E-state index contributed by atoms with van der Waals surface area (Å²) in [7, 11) is 0. The van der Waals surface area contributed by atoms with E-state index in [1.807, 2.05) is 26.0 Å². The Hall–Kier alpha value is -2.73. The van der Waals surface area contributed by atoms with E-state index in [4.69, 9.17) is 11.6 Å². The van der Waals surface area contributed by atoms with Gasteiger partial charge in [0.05, 0.1) is 22.6 Å². The Kier molecular flexibility index (Phi) is 4.57. The fourth-order valence-electron chi connectivity index (χ4n) is 2.30. The van der Waals surface area contributed by atoms with Gasteiger partial charge in [0.2, 0.25) is 5.95 Å². The van der Waals surface area contributed by atoms with Crippen molar-refractivity contribution in [3.05, 3.63) is 64.6 Å². The zero-order valence-electron chi connectivity index (χ0n) is 13.1. The van der Waals surface area contributed by atoms with Crippen molar-refractivity contribution in [3.63, 3.8) is 0 Å². The SMILES string of the molecule is Cc1cc(C)c(Nc2nncc(Nc3ccccc3F)n2)c(Cl)c1. The highest BCUT2D eigenvalue weighted by Gasteiger charge is 2.09. The number of rotatable bonds is 4. The van der Waals surface area contributed by atoms with E-state index >= 15 is 0 Å². The van der Waals surface area contributed by atoms with Crippen LogP contribution in [0.4, 0.5) is 27.5 Å². The number of hydrogen-bond acceptors (Lipinski definition) is 5. The highest BCUT2D eigenvalue weighted by Crippen LogP contribution is 2.29. The molecule has 0 saturated carbocycles. The van der Waals surface area contributed by atoms with E-state index in [0.717, 1.165) is 11.1 Å². The van der Waals surface area contributed by atoms with Crippen LogP contribution in [0.5, 0.6) is 0 Å². The molecule has 1 aromatic heterocycles. The number of para-hydroxylation sites is 1. The molecule has 0 saturated heterocycles. The first kappa shape index (κ1) is 16.1. The Morgan fingerprint density at radius 2 is 1.88 bits per heavy atom. The van der Waals surface area contributed by atoms with Crippen LogP contribution in [0, 0.1) is 19.7 Å². The predicted octanol–water partition coefficient (Wildman–Crippen LogP) is 4.77. The number of nitrogens with one attached hydrogen (secondary N) is 2. The van der Waals surface area contributed by atoms with Gasteiger partial charge < -0.3 is 10.6 Å². The first-order chi connectivity index (χ1) is 11.5. The second-order valence-electron chi connectivity index (χ2n) is 5.33. The van der Waals surface area contributed by atoms with Crippen LogP contribution in [-0.4, -0.2) is 15.2 Å². The number of aromatic nitrogens is 3. The van der Waals surface area contributed by atoms with E-state index in [1.165, 1.54) is 12.3 Å². The molecule has 0 aliphatic heterocycles. The smallest absolute Gasteiger partial charge is 0.249 e. The summed E-state index contributed by atoms with van der Waals surface area (Å²) in [5.41, 5.74) is 3.06. The maximum atomic E-state index is 13.7. The molecule has 122 valence electrons. The lowest BCUT2D eigenvalue weighted by Crippen LogP contribution is -2.04. The van der Waals surface area contributed by atoms with Crippen molar-refractivity contribution in [2.24, 2.45) is 0 Å². The Morgan fingerprint density at radius 1 is 1.08 bits per heavy atom. The molecule has 3 rings (SSSR count). The Morgan fingerprint density at radius 3 is 2.62 bits per heavy atom. The summed E-state index contributed by atoms with van der Waals surface area (Å²) in [6.07, 6.45) is 1.42. The molecular formula is C17H15ClFN5. The number of hydrogen-bond donors (Lipinski definition) is 2. The van der Waals surface area contributed by atoms with Gasteiger partial charge in [-0.3, -0.25) is 0 Å². The molecule has 3 aromatic rings. The molecule has 2 N–H and O–H groups in total. The van der Waals surface area contributed by atoms with Gasteiger partial charge in [0.1, 0.15) is 5.82 Å². The van der Waals surface area contributed by atoms with Gasteiger partial charge in [-0.1, -0.05) is 29.8 Å². The van der Waals surface area contributed by atoms with Crippen LogP contribution in [0.2, 0.25) is 5.02 Å². The Bertz CT molecular complexity index is 861. The highest BCUT2D eigenvalue weighted by atomic mass is 35.5. The normalized spacial score (nSPS) is 10.5. The van der Waals surface area contributed by atoms with E-state index in [2.05, 4.69) is 25.8 Å². The maximum Gasteiger partial charge on any atom is 0.249 e. The zero-order valence-corrected chi connectivity index (χ0v) is 13.9. The van der Waals surface area contributed by atoms with Crippen LogP contribution in [0.1, 0.15) is 11.1 Å². The van der Waals surface area contributed by atoms with Crippen molar-refractivity contribution in [2.45, 2.75) is 13.8 Å². The third kappa shape index (κ3) is 3.60. The number of halogens is 2. The molecule has 2 aromatic carbocycles. The first-order valence-electron chi connectivity index (χ1n) is 7.28. The molecule has 0 fully saturated rings. The quantitative estimate of drug-likeness (QED) is 0.714. The molecule has 7 heteroatoms. The molecule has 0 radical (unpaired) electrons. The number of benzene rings is 2. The van der Waals surface area contributed by atoms with Crippen molar-refractivity contribution in [3.8, 4) is 0 Å². The lowest BCUT2D eigenvalue weighted by Gasteiger charge is -2.12. The van der Waals surface area contributed by atoms with Gasteiger partial charge in [-0.05, 0) is 43.2 Å². The summed E-state index contributed by atoms with van der Waals surface area (Å²) in [5, 5.41) is 14.3. The first-order valence-corrected chi connectivity index (χ1v) is 7.66. The van der Waals surface area contributed by atoms with Gasteiger partial charge in [-0.2, -0.15) is 10.1 Å². The van der Waals surface area contributed by atoms with Gasteiger partial charge in [-0.15, -0.1) is 5.10 Å². The van der Waals surface area contributed by atoms with Crippen molar-refractivity contribution in [1.29, 1.82) is 0 Å². The maximum absolute atomic E-state index is 13.7. The molecule has 0 atom stereocenters. The molecule has 1 heterocycles. The molecule has 5 nitrogen and oxygen atoms in total. The average molecular weight is 344 g/mol. The lowest BCUT2D eigenvalue weighted by molar-refractivity contribution is 0.632. The summed E-state index contributed by atoms with van der Waals surface area (Å²) < 4.78 is 13.7. The molecule has 0 aliphatic carbocycles. The monoisotopic (exact) mass is 343 g/mol. The van der Waals surface area contributed by atoms with Gasteiger partial charge in [0.25, 0.3) is 0 Å². The summed E-state index contributed by atoms with van der Waals surface area (Å²) in [5.74, 6) is 0.270. The van der Waals surface area contributed by atoms with Crippen molar-refractivity contribution in [1.82, 2.24) is 15.2 Å². The molecular weight excluding hydrogens is 329 g/mol. The topological polar surface area (TPSA) is 62.7 Å². The Balaban J connectivity index is 1.85. The van der Waals surface area contributed by atoms with Crippen LogP contribution in [0.15, 0.2) is 42.6 Å². The highest BCUT2D eigenvalue weighted by molar-refractivity contribution is 6.33. The minimum atomic E-state index is -0.372. The van der Waals surface area contributed by atoms with Gasteiger partial charge in [0, 0.05) is 0 Å². The van der Waals surface area contributed by atoms with E-state index in [1.54, 1.807) is 18.2 Å². The average Bonchev–Trinajstić information content (AvgIpc) is 2.53.